The summed E-state index contributed by atoms with van der Waals surface area (Å²) in [6.07, 6.45) is 8.79. The van der Waals surface area contributed by atoms with Gasteiger partial charge in [-0.3, -0.25) is 0 Å². The highest BCUT2D eigenvalue weighted by Crippen LogP contribution is 2.37. The van der Waals surface area contributed by atoms with Gasteiger partial charge in [0.2, 0.25) is 5.95 Å². The second kappa shape index (κ2) is 7.60. The van der Waals surface area contributed by atoms with E-state index in [1.54, 1.807) is 12.1 Å². The molecule has 1 aliphatic carbocycles. The van der Waals surface area contributed by atoms with Crippen LogP contribution in [0.3, 0.4) is 0 Å². The summed E-state index contributed by atoms with van der Waals surface area (Å²) in [5.74, 6) is 2.21. The molecule has 1 saturated heterocycles. The summed E-state index contributed by atoms with van der Waals surface area (Å²) < 4.78 is 13.1. The van der Waals surface area contributed by atoms with Gasteiger partial charge in [-0.15, -0.1) is 0 Å². The average Bonchev–Trinajstić information content (AvgIpc) is 2.69. The van der Waals surface area contributed by atoms with Gasteiger partial charge in [-0.25, -0.2) is 9.37 Å². The number of fused-ring (bicyclic) bond motifs is 1. The van der Waals surface area contributed by atoms with Crippen LogP contribution in [0, 0.1) is 11.7 Å². The highest BCUT2D eigenvalue weighted by atomic mass is 19.1. The molecule has 4 nitrogen and oxygen atoms in total. The molecule has 1 N–H and O–H groups in total. The van der Waals surface area contributed by atoms with E-state index < -0.39 is 0 Å². The molecule has 2 aliphatic rings. The molecule has 2 atom stereocenters. The molecule has 4 rings (SSSR count). The summed E-state index contributed by atoms with van der Waals surface area (Å²) in [5.41, 5.74) is 1.84. The third-order valence-electron chi connectivity index (χ3n) is 5.77. The van der Waals surface area contributed by atoms with Crippen molar-refractivity contribution >= 4 is 17.5 Å². The van der Waals surface area contributed by atoms with Crippen LogP contribution >= 0.6 is 0 Å². The minimum absolute atomic E-state index is 0.240. The van der Waals surface area contributed by atoms with Crippen molar-refractivity contribution in [3.8, 4) is 0 Å². The van der Waals surface area contributed by atoms with Gasteiger partial charge < -0.3 is 10.2 Å². The molecule has 1 aromatic heterocycles. The highest BCUT2D eigenvalue weighted by molar-refractivity contribution is 5.56. The number of rotatable bonds is 4. The molecule has 138 valence electrons. The summed E-state index contributed by atoms with van der Waals surface area (Å²) in [6.45, 7) is 3.20. The SMILES string of the molecule is CCc1cc(N2CCCC3CCCCC32)nc(Nc2ccc(F)cc2)n1. The van der Waals surface area contributed by atoms with Crippen molar-refractivity contribution < 1.29 is 4.39 Å². The number of hydrogen-bond donors (Lipinski definition) is 1. The Bertz CT molecular complexity index is 744. The molecule has 0 spiro atoms. The maximum Gasteiger partial charge on any atom is 0.229 e. The molecule has 2 aromatic rings. The monoisotopic (exact) mass is 354 g/mol. The predicted molar refractivity (Wildman–Crippen MR) is 103 cm³/mol. The largest absolute Gasteiger partial charge is 0.353 e. The van der Waals surface area contributed by atoms with E-state index in [-0.39, 0.29) is 5.82 Å². The van der Waals surface area contributed by atoms with Gasteiger partial charge in [-0.1, -0.05) is 19.8 Å². The first-order valence-electron chi connectivity index (χ1n) is 9.90. The second-order valence-electron chi connectivity index (χ2n) is 7.47. The molecule has 2 unspecified atom stereocenters. The second-order valence-corrected chi connectivity index (χ2v) is 7.47. The van der Waals surface area contributed by atoms with Crippen molar-refractivity contribution in [3.63, 3.8) is 0 Å². The van der Waals surface area contributed by atoms with Crippen LogP contribution < -0.4 is 10.2 Å². The van der Waals surface area contributed by atoms with E-state index in [1.807, 2.05) is 0 Å². The molecule has 5 heteroatoms. The molecule has 1 aliphatic heterocycles. The van der Waals surface area contributed by atoms with Crippen LogP contribution in [0.15, 0.2) is 30.3 Å². The van der Waals surface area contributed by atoms with Crippen LogP contribution in [0.25, 0.3) is 0 Å². The van der Waals surface area contributed by atoms with Crippen molar-refractivity contribution in [1.29, 1.82) is 0 Å². The Labute approximate surface area is 154 Å². The van der Waals surface area contributed by atoms with Crippen LogP contribution in [0.1, 0.15) is 51.1 Å². The van der Waals surface area contributed by atoms with E-state index in [0.717, 1.165) is 36.1 Å². The molecule has 1 saturated carbocycles. The first-order chi connectivity index (χ1) is 12.7. The van der Waals surface area contributed by atoms with Gasteiger partial charge in [-0.05, 0) is 62.3 Å². The summed E-state index contributed by atoms with van der Waals surface area (Å²) >= 11 is 0. The van der Waals surface area contributed by atoms with Gasteiger partial charge in [0.15, 0.2) is 0 Å². The number of aryl methyl sites for hydroxylation is 1. The van der Waals surface area contributed by atoms with E-state index in [0.29, 0.717) is 12.0 Å². The fourth-order valence-electron chi connectivity index (χ4n) is 4.44. The maximum absolute atomic E-state index is 13.1. The predicted octanol–water partition coefficient (Wildman–Crippen LogP) is 5.08. The van der Waals surface area contributed by atoms with Crippen molar-refractivity contribution in [2.75, 3.05) is 16.8 Å². The Kier molecular flexibility index (Phi) is 5.05. The minimum atomic E-state index is -0.240. The fourth-order valence-corrected chi connectivity index (χ4v) is 4.44. The van der Waals surface area contributed by atoms with Crippen molar-refractivity contribution in [3.05, 3.63) is 41.8 Å². The zero-order valence-corrected chi connectivity index (χ0v) is 15.4. The molecular formula is C21H27FN4. The smallest absolute Gasteiger partial charge is 0.229 e. The fraction of sp³-hybridized carbons (Fsp3) is 0.524. The van der Waals surface area contributed by atoms with E-state index >= 15 is 0 Å². The number of hydrogen-bond acceptors (Lipinski definition) is 4. The third-order valence-corrected chi connectivity index (χ3v) is 5.77. The number of anilines is 3. The topological polar surface area (TPSA) is 41.1 Å². The minimum Gasteiger partial charge on any atom is -0.353 e. The van der Waals surface area contributed by atoms with Gasteiger partial charge >= 0.3 is 0 Å². The van der Waals surface area contributed by atoms with Gasteiger partial charge in [-0.2, -0.15) is 4.98 Å². The average molecular weight is 354 g/mol. The number of benzene rings is 1. The maximum atomic E-state index is 13.1. The van der Waals surface area contributed by atoms with E-state index in [9.17, 15) is 4.39 Å². The standard InChI is InChI=1S/C21H27FN4/c1-2-17-14-20(26-13-5-7-15-6-3-4-8-19(15)26)25-21(23-17)24-18-11-9-16(22)10-12-18/h9-12,14-15,19H,2-8,13H2,1H3,(H,23,24,25). The number of halogens is 1. The Morgan fingerprint density at radius 3 is 2.65 bits per heavy atom. The molecule has 0 radical (unpaired) electrons. The molecule has 0 amide bonds. The van der Waals surface area contributed by atoms with E-state index in [2.05, 4.69) is 28.2 Å². The number of piperidine rings is 1. The molecule has 1 aromatic carbocycles. The van der Waals surface area contributed by atoms with Gasteiger partial charge in [0, 0.05) is 30.0 Å². The number of aromatic nitrogens is 2. The number of nitrogens with zero attached hydrogens (tertiary/aromatic N) is 3. The highest BCUT2D eigenvalue weighted by Gasteiger charge is 2.34. The van der Waals surface area contributed by atoms with Crippen LogP contribution in [0.5, 0.6) is 0 Å². The Hall–Kier alpha value is -2.17. The van der Waals surface area contributed by atoms with Crippen LogP contribution in [0.2, 0.25) is 0 Å². The van der Waals surface area contributed by atoms with E-state index in [1.165, 1.54) is 50.7 Å². The lowest BCUT2D eigenvalue weighted by Crippen LogP contribution is -2.47. The van der Waals surface area contributed by atoms with Crippen molar-refractivity contribution in [1.82, 2.24) is 9.97 Å². The van der Waals surface area contributed by atoms with Crippen molar-refractivity contribution in [2.24, 2.45) is 5.92 Å². The molecule has 26 heavy (non-hydrogen) atoms. The molecule has 2 heterocycles. The summed E-state index contributed by atoms with van der Waals surface area (Å²) in [6, 6.07) is 9.10. The first-order valence-corrected chi connectivity index (χ1v) is 9.90. The lowest BCUT2D eigenvalue weighted by Gasteiger charge is -2.44. The van der Waals surface area contributed by atoms with E-state index in [4.69, 9.17) is 4.98 Å². The normalized spacial score (nSPS) is 22.8. The lowest BCUT2D eigenvalue weighted by atomic mass is 9.78. The van der Waals surface area contributed by atoms with Crippen LogP contribution in [-0.4, -0.2) is 22.6 Å². The Morgan fingerprint density at radius 1 is 1.08 bits per heavy atom. The van der Waals surface area contributed by atoms with Crippen LogP contribution in [0.4, 0.5) is 21.8 Å². The molecular weight excluding hydrogens is 327 g/mol. The molecule has 0 bridgehead atoms. The zero-order chi connectivity index (χ0) is 17.9. The zero-order valence-electron chi connectivity index (χ0n) is 15.4. The van der Waals surface area contributed by atoms with Gasteiger partial charge in [0.1, 0.15) is 11.6 Å². The summed E-state index contributed by atoms with van der Waals surface area (Å²) in [7, 11) is 0. The van der Waals surface area contributed by atoms with Crippen molar-refractivity contribution in [2.45, 2.75) is 57.9 Å². The summed E-state index contributed by atoms with van der Waals surface area (Å²) in [4.78, 5) is 12.0. The quantitative estimate of drug-likeness (QED) is 0.831. The molecule has 2 fully saturated rings. The number of nitrogens with one attached hydrogen (secondary N) is 1. The Balaban J connectivity index is 1.62. The lowest BCUT2D eigenvalue weighted by molar-refractivity contribution is 0.242. The van der Waals surface area contributed by atoms with Gasteiger partial charge in [0.05, 0.1) is 0 Å². The van der Waals surface area contributed by atoms with Gasteiger partial charge in [0.25, 0.3) is 0 Å². The summed E-state index contributed by atoms with van der Waals surface area (Å²) in [5, 5.41) is 3.24. The van der Waals surface area contributed by atoms with Crippen LogP contribution in [-0.2, 0) is 6.42 Å². The third kappa shape index (κ3) is 3.67. The Morgan fingerprint density at radius 2 is 1.85 bits per heavy atom. The first kappa shape index (κ1) is 17.3.